The van der Waals surface area contributed by atoms with Crippen molar-refractivity contribution in [1.29, 1.82) is 0 Å². The van der Waals surface area contributed by atoms with Crippen molar-refractivity contribution in [3.63, 3.8) is 0 Å². The van der Waals surface area contributed by atoms with Gasteiger partial charge in [-0.1, -0.05) is 52.0 Å². The van der Waals surface area contributed by atoms with Crippen molar-refractivity contribution in [2.75, 3.05) is 0 Å². The lowest BCUT2D eigenvalue weighted by atomic mass is 9.60. The van der Waals surface area contributed by atoms with Crippen LogP contribution in [0.3, 0.4) is 0 Å². The Balaban J connectivity index is 0.00000341. The Morgan fingerprint density at radius 3 is 2.52 bits per heavy atom. The minimum absolute atomic E-state index is 0. The van der Waals surface area contributed by atoms with Crippen LogP contribution in [0.1, 0.15) is 85.5 Å². The summed E-state index contributed by atoms with van der Waals surface area (Å²) < 4.78 is 0. The number of rotatable bonds is 6. The third kappa shape index (κ3) is 5.71. The van der Waals surface area contributed by atoms with E-state index in [1.807, 2.05) is 0 Å². The second-order valence-corrected chi connectivity index (χ2v) is 11.0. The fourth-order valence-corrected chi connectivity index (χ4v) is 6.65. The summed E-state index contributed by atoms with van der Waals surface area (Å²) in [6.45, 7) is 13.2. The van der Waals surface area contributed by atoms with E-state index in [0.29, 0.717) is 36.0 Å². The van der Waals surface area contributed by atoms with Gasteiger partial charge in [0, 0.05) is 6.42 Å². The Bertz CT molecular complexity index is 679. The predicted molar refractivity (Wildman–Crippen MR) is 128 cm³/mol. The first-order valence-corrected chi connectivity index (χ1v) is 12.3. The topological polar surface area (TPSA) is 92.2 Å². The van der Waals surface area contributed by atoms with Crippen LogP contribution in [0.4, 0.5) is 0 Å². The molecule has 3 aliphatic carbocycles. The summed E-state index contributed by atoms with van der Waals surface area (Å²) in [6.07, 6.45) is 12.4. The molecule has 0 radical (unpaired) electrons. The van der Waals surface area contributed by atoms with Gasteiger partial charge >= 0.3 is 0 Å². The highest BCUT2D eigenvalue weighted by atomic mass is 16.3. The molecule has 178 valence electrons. The van der Waals surface area contributed by atoms with Crippen molar-refractivity contribution >= 4 is 0 Å². The molecule has 0 saturated heterocycles. The van der Waals surface area contributed by atoms with Gasteiger partial charge in [0.2, 0.25) is 0 Å². The molecule has 0 aromatic heterocycles. The lowest BCUT2D eigenvalue weighted by Gasteiger charge is -2.44. The lowest BCUT2D eigenvalue weighted by molar-refractivity contribution is 0.0717. The van der Waals surface area contributed by atoms with Crippen LogP contribution in [-0.2, 0) is 0 Å². The van der Waals surface area contributed by atoms with Gasteiger partial charge in [0.25, 0.3) is 0 Å². The van der Waals surface area contributed by atoms with E-state index in [9.17, 15) is 15.3 Å². The summed E-state index contributed by atoms with van der Waals surface area (Å²) in [7, 11) is 0. The highest BCUT2D eigenvalue weighted by molar-refractivity contribution is 5.38. The quantitative estimate of drug-likeness (QED) is 0.564. The number of aliphatic hydroxyl groups excluding tert-OH is 3. The molecule has 0 aliphatic heterocycles. The van der Waals surface area contributed by atoms with Gasteiger partial charge < -0.3 is 20.8 Å². The monoisotopic (exact) mass is 434 g/mol. The van der Waals surface area contributed by atoms with E-state index in [-0.39, 0.29) is 11.6 Å². The molecule has 7 atom stereocenters. The van der Waals surface area contributed by atoms with Gasteiger partial charge in [-0.3, -0.25) is 0 Å². The van der Waals surface area contributed by atoms with Gasteiger partial charge in [-0.05, 0) is 91.6 Å². The molecule has 0 bridgehead atoms. The molecule has 3 rings (SSSR count). The van der Waals surface area contributed by atoms with Gasteiger partial charge in [0.15, 0.2) is 0 Å². The van der Waals surface area contributed by atoms with Crippen molar-refractivity contribution in [2.24, 2.45) is 29.1 Å². The van der Waals surface area contributed by atoms with Gasteiger partial charge in [0.1, 0.15) is 0 Å². The summed E-state index contributed by atoms with van der Waals surface area (Å²) in [5.74, 6) is 2.35. The average molecular weight is 435 g/mol. The summed E-state index contributed by atoms with van der Waals surface area (Å²) >= 11 is 0. The van der Waals surface area contributed by atoms with Crippen LogP contribution in [-0.4, -0.2) is 39.1 Å². The minimum atomic E-state index is -0.618. The minimum Gasteiger partial charge on any atom is -0.412 e. The lowest BCUT2D eigenvalue weighted by Crippen LogP contribution is -2.36. The second kappa shape index (κ2) is 10.8. The molecule has 0 aromatic rings. The Labute approximate surface area is 189 Å². The largest absolute Gasteiger partial charge is 0.412 e. The van der Waals surface area contributed by atoms with Gasteiger partial charge in [-0.15, -0.1) is 0 Å². The maximum absolute atomic E-state index is 10.3. The molecule has 3 saturated carbocycles. The van der Waals surface area contributed by atoms with E-state index in [1.54, 1.807) is 5.57 Å². The fraction of sp³-hybridized carbons (Fsp3) is 0.778. The molecule has 4 heteroatoms. The van der Waals surface area contributed by atoms with E-state index in [0.717, 1.165) is 36.3 Å². The van der Waals surface area contributed by atoms with Crippen molar-refractivity contribution < 1.29 is 20.8 Å². The molecule has 3 aliphatic rings. The van der Waals surface area contributed by atoms with Crippen molar-refractivity contribution in [2.45, 2.75) is 104 Å². The standard InChI is InChI=1S/C27H44O3.H2O/c1-17(2)25(29)13-8-18(3)23-11-12-24-20(7-6-14-27(23,24)5)9-10-21-15-22(28)16-26(30)19(21)4;/h9-10,17-18,22-26,28-30H,4,6-8,11-16H2,1-3,5H3;1H2/b20-9+,21-10-;/t18-,22-,23-,24+,25-,26+,27-;/m1./s1. The first kappa shape index (κ1) is 26.3. The molecule has 4 nitrogen and oxygen atoms in total. The summed E-state index contributed by atoms with van der Waals surface area (Å²) in [6, 6.07) is 0. The highest BCUT2D eigenvalue weighted by Crippen LogP contribution is 2.60. The fourth-order valence-electron chi connectivity index (χ4n) is 6.65. The Morgan fingerprint density at radius 1 is 1.13 bits per heavy atom. The molecule has 0 heterocycles. The van der Waals surface area contributed by atoms with E-state index in [4.69, 9.17) is 0 Å². The second-order valence-electron chi connectivity index (χ2n) is 11.0. The van der Waals surface area contributed by atoms with Gasteiger partial charge in [-0.2, -0.15) is 0 Å². The SMILES string of the molecule is C=C1/C(=C\C=C2/CCC[C@]3(C)[C@@H]([C@H](C)CC[C@@H](O)C(C)C)CC[C@@H]23)C[C@@H](O)C[C@@H]1O.O. The summed E-state index contributed by atoms with van der Waals surface area (Å²) in [4.78, 5) is 0. The Hall–Kier alpha value is -0.940. The van der Waals surface area contributed by atoms with Crippen LogP contribution in [0.2, 0.25) is 0 Å². The summed E-state index contributed by atoms with van der Waals surface area (Å²) in [5.41, 5.74) is 3.69. The van der Waals surface area contributed by atoms with Crippen LogP contribution in [0.25, 0.3) is 0 Å². The van der Waals surface area contributed by atoms with E-state index >= 15 is 0 Å². The number of allylic oxidation sites excluding steroid dienone is 3. The summed E-state index contributed by atoms with van der Waals surface area (Å²) in [5, 5.41) is 30.4. The molecule has 3 fully saturated rings. The number of hydrogen-bond donors (Lipinski definition) is 3. The predicted octanol–water partition coefficient (Wildman–Crippen LogP) is 4.74. The van der Waals surface area contributed by atoms with Crippen molar-refractivity contribution in [3.05, 3.63) is 35.5 Å². The van der Waals surface area contributed by atoms with Crippen LogP contribution in [0.15, 0.2) is 35.5 Å². The normalized spacial score (nSPS) is 38.3. The maximum Gasteiger partial charge on any atom is 0.0811 e. The third-order valence-corrected chi connectivity index (χ3v) is 8.68. The number of fused-ring (bicyclic) bond motifs is 1. The van der Waals surface area contributed by atoms with E-state index in [1.165, 1.54) is 25.7 Å². The van der Waals surface area contributed by atoms with Crippen LogP contribution in [0.5, 0.6) is 0 Å². The molecule has 0 unspecified atom stereocenters. The molecule has 5 N–H and O–H groups in total. The molecule has 0 amide bonds. The smallest absolute Gasteiger partial charge is 0.0811 e. The number of hydrogen-bond acceptors (Lipinski definition) is 3. The van der Waals surface area contributed by atoms with Crippen molar-refractivity contribution in [3.8, 4) is 0 Å². The highest BCUT2D eigenvalue weighted by Gasteiger charge is 2.50. The van der Waals surface area contributed by atoms with Crippen LogP contribution in [0, 0.1) is 29.1 Å². The average Bonchev–Trinajstić information content (AvgIpc) is 3.04. The molecule has 0 spiro atoms. The first-order valence-electron chi connectivity index (χ1n) is 12.3. The first-order chi connectivity index (χ1) is 14.1. The molecule has 0 aromatic carbocycles. The molecular formula is C27H46O4. The third-order valence-electron chi connectivity index (χ3n) is 8.68. The zero-order valence-corrected chi connectivity index (χ0v) is 20.1. The van der Waals surface area contributed by atoms with Crippen molar-refractivity contribution in [1.82, 2.24) is 0 Å². The van der Waals surface area contributed by atoms with Crippen LogP contribution < -0.4 is 0 Å². The van der Waals surface area contributed by atoms with Crippen LogP contribution >= 0.6 is 0 Å². The van der Waals surface area contributed by atoms with Gasteiger partial charge in [0.05, 0.1) is 18.3 Å². The Kier molecular flexibility index (Phi) is 9.15. The zero-order valence-electron chi connectivity index (χ0n) is 20.1. The molecular weight excluding hydrogens is 388 g/mol. The maximum atomic E-state index is 10.3. The molecule has 31 heavy (non-hydrogen) atoms. The van der Waals surface area contributed by atoms with Gasteiger partial charge in [-0.25, -0.2) is 0 Å². The van der Waals surface area contributed by atoms with E-state index in [2.05, 4.69) is 46.4 Å². The zero-order chi connectivity index (χ0) is 22.1. The number of aliphatic hydroxyl groups is 3. The Morgan fingerprint density at radius 2 is 1.84 bits per heavy atom. The van der Waals surface area contributed by atoms with E-state index < -0.39 is 12.2 Å².